The van der Waals surface area contributed by atoms with Crippen LogP contribution in [-0.2, 0) is 0 Å². The third-order valence-electron chi connectivity index (χ3n) is 8.89. The van der Waals surface area contributed by atoms with Gasteiger partial charge < -0.3 is 9.97 Å². The topological polar surface area (TPSA) is 57.4 Å². The van der Waals surface area contributed by atoms with Crippen LogP contribution < -0.4 is 0 Å². The van der Waals surface area contributed by atoms with Crippen LogP contribution in [0.2, 0.25) is 0 Å². The molecule has 0 saturated heterocycles. The number of aromatic amines is 2. The number of H-pyrrole nitrogens is 2. The van der Waals surface area contributed by atoms with Crippen LogP contribution in [0.25, 0.3) is 79.2 Å². The van der Waals surface area contributed by atoms with Gasteiger partial charge >= 0.3 is 0 Å². The molecule has 5 heteroatoms. The van der Waals surface area contributed by atoms with Crippen molar-refractivity contribution < 1.29 is 31.1 Å². The standard InChI is InChI=1S/C44H30N4.U/c1-5-13-29(14-6-1)38-27-37-26-35-22-21-33(45-35)25-34-23-24-36(46-34)28-39-40(30-15-7-2-8-16-30)41(31-17-9-3-10-18-31)44(48-39)42(43(38)47-37)32-19-11-4-12-20-32;/h1-28,45,48H;. The number of fused-ring (bicyclic) bond motifs is 8. The average molecular weight is 853 g/mol. The summed E-state index contributed by atoms with van der Waals surface area (Å²) in [5.41, 5.74) is 16.3. The normalized spacial score (nSPS) is 12.0. The Bertz CT molecular complexity index is 2530. The van der Waals surface area contributed by atoms with Crippen molar-refractivity contribution in [1.82, 2.24) is 19.9 Å². The first-order valence-corrected chi connectivity index (χ1v) is 16.2. The molecule has 3 aromatic heterocycles. The van der Waals surface area contributed by atoms with Gasteiger partial charge in [-0.2, -0.15) is 0 Å². The van der Waals surface area contributed by atoms with Gasteiger partial charge in [-0.1, -0.05) is 121 Å². The van der Waals surface area contributed by atoms with E-state index in [0.717, 1.165) is 89.4 Å². The monoisotopic (exact) mass is 852 g/mol. The van der Waals surface area contributed by atoms with Crippen LogP contribution in [-0.4, -0.2) is 19.9 Å². The van der Waals surface area contributed by atoms with E-state index in [4.69, 9.17) is 9.97 Å². The maximum absolute atomic E-state index is 5.42. The van der Waals surface area contributed by atoms with Crippen molar-refractivity contribution in [1.29, 1.82) is 0 Å². The summed E-state index contributed by atoms with van der Waals surface area (Å²) >= 11 is 0. The zero-order chi connectivity index (χ0) is 31.9. The Morgan fingerprint density at radius 2 is 0.898 bits per heavy atom. The summed E-state index contributed by atoms with van der Waals surface area (Å²) in [5.74, 6) is 0. The van der Waals surface area contributed by atoms with Gasteiger partial charge in [0.25, 0.3) is 0 Å². The molecular formula is C44H30N4U. The van der Waals surface area contributed by atoms with Gasteiger partial charge in [0, 0.05) is 69.9 Å². The smallest absolute Gasteiger partial charge is 0.0815 e. The largest absolute Gasteiger partial charge is 0.355 e. The SMILES string of the molecule is C1=Cc2cc3[nH]c(c(-c4ccccc4)c4nc(cc5ccc(cc1n2)[nH]5)C=C4c1ccccc1)c(-c1ccccc1)c3-c1ccccc1.[U]. The molecule has 0 radical (unpaired) electrons. The fourth-order valence-electron chi connectivity index (χ4n) is 6.78. The predicted octanol–water partition coefficient (Wildman–Crippen LogP) is 11.1. The van der Waals surface area contributed by atoms with Crippen LogP contribution in [0.4, 0.5) is 0 Å². The molecule has 230 valence electrons. The summed E-state index contributed by atoms with van der Waals surface area (Å²) in [5, 5.41) is 0. The van der Waals surface area contributed by atoms with Gasteiger partial charge in [0.2, 0.25) is 0 Å². The third-order valence-corrected chi connectivity index (χ3v) is 8.89. The number of nitrogens with one attached hydrogen (secondary N) is 2. The second-order valence-electron chi connectivity index (χ2n) is 12.0. The zero-order valence-corrected chi connectivity index (χ0v) is 30.7. The number of nitrogens with zero attached hydrogens (tertiary/aromatic N) is 2. The van der Waals surface area contributed by atoms with E-state index >= 15 is 0 Å². The molecule has 2 N–H and O–H groups in total. The number of aromatic nitrogens is 4. The Morgan fingerprint density at radius 1 is 0.408 bits per heavy atom. The van der Waals surface area contributed by atoms with Gasteiger partial charge in [0.05, 0.1) is 28.3 Å². The molecule has 0 atom stereocenters. The molecule has 0 fully saturated rings. The summed E-state index contributed by atoms with van der Waals surface area (Å²) < 4.78 is 0. The minimum atomic E-state index is 0. The van der Waals surface area contributed by atoms with Crippen molar-refractivity contribution in [2.24, 2.45) is 0 Å². The van der Waals surface area contributed by atoms with E-state index in [1.807, 2.05) is 0 Å². The van der Waals surface area contributed by atoms with Crippen molar-refractivity contribution >= 4 is 45.9 Å². The Morgan fingerprint density at radius 3 is 1.49 bits per heavy atom. The van der Waals surface area contributed by atoms with E-state index in [0.29, 0.717) is 0 Å². The molecule has 0 saturated carbocycles. The quantitative estimate of drug-likeness (QED) is 0.185. The fraction of sp³-hybridized carbons (Fsp3) is 0. The van der Waals surface area contributed by atoms with Crippen LogP contribution >= 0.6 is 0 Å². The Hall–Kier alpha value is -5.47. The van der Waals surface area contributed by atoms with Gasteiger partial charge in [-0.15, -0.1) is 0 Å². The first kappa shape index (κ1) is 30.8. The summed E-state index contributed by atoms with van der Waals surface area (Å²) in [6.45, 7) is 0. The molecule has 49 heavy (non-hydrogen) atoms. The van der Waals surface area contributed by atoms with Crippen molar-refractivity contribution in [3.8, 4) is 33.4 Å². The van der Waals surface area contributed by atoms with Crippen LogP contribution in [0.5, 0.6) is 0 Å². The van der Waals surface area contributed by atoms with Crippen LogP contribution in [0.3, 0.4) is 0 Å². The van der Waals surface area contributed by atoms with Gasteiger partial charge in [-0.3, -0.25) is 0 Å². The van der Waals surface area contributed by atoms with Crippen molar-refractivity contribution in [3.05, 3.63) is 180 Å². The molecule has 9 rings (SSSR count). The van der Waals surface area contributed by atoms with Gasteiger partial charge in [0.1, 0.15) is 0 Å². The summed E-state index contributed by atoms with van der Waals surface area (Å²) in [6.07, 6.45) is 6.35. The van der Waals surface area contributed by atoms with Crippen molar-refractivity contribution in [2.45, 2.75) is 0 Å². The maximum atomic E-state index is 5.42. The molecule has 0 aliphatic carbocycles. The van der Waals surface area contributed by atoms with Crippen LogP contribution in [0.15, 0.2) is 152 Å². The Balaban J connectivity index is 0.00000348. The summed E-state index contributed by atoms with van der Waals surface area (Å²) in [4.78, 5) is 17.9. The first-order valence-electron chi connectivity index (χ1n) is 16.2. The van der Waals surface area contributed by atoms with Crippen molar-refractivity contribution in [3.63, 3.8) is 0 Å². The second kappa shape index (κ2) is 13.2. The van der Waals surface area contributed by atoms with Gasteiger partial charge in [-0.25, -0.2) is 9.97 Å². The van der Waals surface area contributed by atoms with E-state index in [1.165, 1.54) is 0 Å². The molecule has 0 unspecified atom stereocenters. The third kappa shape index (κ3) is 5.93. The maximum Gasteiger partial charge on any atom is 0.0815 e. The second-order valence-corrected chi connectivity index (χ2v) is 12.0. The molecule has 4 aromatic carbocycles. The zero-order valence-electron chi connectivity index (χ0n) is 26.6. The van der Waals surface area contributed by atoms with Crippen LogP contribution in [0.1, 0.15) is 28.3 Å². The van der Waals surface area contributed by atoms with Gasteiger partial charge in [0.15, 0.2) is 0 Å². The Kier molecular flexibility index (Phi) is 8.31. The van der Waals surface area contributed by atoms with E-state index in [2.05, 4.69) is 180 Å². The minimum Gasteiger partial charge on any atom is -0.355 e. The summed E-state index contributed by atoms with van der Waals surface area (Å²) in [6, 6.07) is 53.0. The van der Waals surface area contributed by atoms with E-state index in [9.17, 15) is 0 Å². The number of hydrogen-bond donors (Lipinski definition) is 2. The fourth-order valence-corrected chi connectivity index (χ4v) is 6.78. The molecule has 4 nitrogen and oxygen atoms in total. The first-order chi connectivity index (χ1) is 23.8. The molecule has 0 spiro atoms. The predicted molar refractivity (Wildman–Crippen MR) is 200 cm³/mol. The minimum absolute atomic E-state index is 0. The number of benzene rings is 4. The van der Waals surface area contributed by atoms with Crippen molar-refractivity contribution in [2.75, 3.05) is 0 Å². The molecular weight excluding hydrogens is 823 g/mol. The Labute approximate surface area is 308 Å². The molecule has 7 aromatic rings. The molecule has 0 amide bonds. The number of rotatable bonds is 4. The van der Waals surface area contributed by atoms with Crippen LogP contribution in [0, 0.1) is 31.1 Å². The van der Waals surface area contributed by atoms with Gasteiger partial charge in [-0.05, 0) is 70.8 Å². The molecule has 2 aliphatic rings. The number of hydrogen-bond acceptors (Lipinski definition) is 2. The summed E-state index contributed by atoms with van der Waals surface area (Å²) in [7, 11) is 0. The van der Waals surface area contributed by atoms with E-state index < -0.39 is 0 Å². The molecule has 5 heterocycles. The van der Waals surface area contributed by atoms with E-state index in [1.54, 1.807) is 0 Å². The molecule has 8 bridgehead atoms. The average Bonchev–Trinajstić information content (AvgIpc) is 3.94. The van der Waals surface area contributed by atoms with E-state index in [-0.39, 0.29) is 31.1 Å². The molecule has 2 aliphatic heterocycles.